The summed E-state index contributed by atoms with van der Waals surface area (Å²) in [6, 6.07) is 0.507. The average Bonchev–Trinajstić information content (AvgIpc) is 2.20. The first-order valence-electron chi connectivity index (χ1n) is 6.01. The zero-order valence-electron chi connectivity index (χ0n) is 11.0. The van der Waals surface area contributed by atoms with Crippen molar-refractivity contribution in [3.63, 3.8) is 0 Å². The molecule has 0 aliphatic carbocycles. The molecule has 0 saturated heterocycles. The van der Waals surface area contributed by atoms with E-state index >= 15 is 0 Å². The van der Waals surface area contributed by atoms with Crippen LogP contribution in [0.2, 0.25) is 0 Å². The Morgan fingerprint density at radius 1 is 1.33 bits per heavy atom. The van der Waals surface area contributed by atoms with Gasteiger partial charge in [-0.2, -0.15) is 0 Å². The fourth-order valence-electron chi connectivity index (χ4n) is 1.51. The van der Waals surface area contributed by atoms with E-state index in [2.05, 4.69) is 39.1 Å². The van der Waals surface area contributed by atoms with Gasteiger partial charge < -0.3 is 10.1 Å². The Hall–Kier alpha value is -0.340. The van der Waals surface area contributed by atoms with Gasteiger partial charge in [0.2, 0.25) is 0 Å². The van der Waals surface area contributed by atoms with Crippen LogP contribution in [0.4, 0.5) is 0 Å². The van der Waals surface area contributed by atoms with Crippen molar-refractivity contribution >= 4 is 0 Å². The van der Waals surface area contributed by atoms with Gasteiger partial charge in [-0.15, -0.1) is 0 Å². The topological polar surface area (TPSA) is 21.3 Å². The molecule has 0 aliphatic heterocycles. The Bertz CT molecular complexity index is 173. The SMILES string of the molecule is CCCNC(C=C(C)C)CCC(C)OC. The van der Waals surface area contributed by atoms with E-state index in [1.165, 1.54) is 12.0 Å². The molecule has 90 valence electrons. The van der Waals surface area contributed by atoms with Gasteiger partial charge in [-0.25, -0.2) is 0 Å². The molecule has 1 N–H and O–H groups in total. The fraction of sp³-hybridized carbons (Fsp3) is 0.846. The van der Waals surface area contributed by atoms with E-state index in [0.717, 1.165) is 19.4 Å². The van der Waals surface area contributed by atoms with E-state index in [1.54, 1.807) is 7.11 Å². The maximum absolute atomic E-state index is 5.26. The molecule has 0 fully saturated rings. The van der Waals surface area contributed by atoms with Gasteiger partial charge in [0.25, 0.3) is 0 Å². The Balaban J connectivity index is 3.95. The largest absolute Gasteiger partial charge is 0.382 e. The van der Waals surface area contributed by atoms with Gasteiger partial charge in [-0.05, 0) is 46.6 Å². The maximum Gasteiger partial charge on any atom is 0.0543 e. The molecular formula is C13H27NO. The average molecular weight is 213 g/mol. The Labute approximate surface area is 95.1 Å². The van der Waals surface area contributed by atoms with Crippen molar-refractivity contribution in [3.8, 4) is 0 Å². The molecule has 0 heterocycles. The molecule has 0 bridgehead atoms. The number of methoxy groups -OCH3 is 1. The lowest BCUT2D eigenvalue weighted by Crippen LogP contribution is -2.29. The van der Waals surface area contributed by atoms with Crippen LogP contribution in [-0.4, -0.2) is 25.8 Å². The predicted molar refractivity (Wildman–Crippen MR) is 67.2 cm³/mol. The van der Waals surface area contributed by atoms with E-state index in [-0.39, 0.29) is 0 Å². The molecule has 0 radical (unpaired) electrons. The van der Waals surface area contributed by atoms with Crippen LogP contribution in [0.1, 0.15) is 47.0 Å². The Morgan fingerprint density at radius 3 is 2.47 bits per heavy atom. The summed E-state index contributed by atoms with van der Waals surface area (Å²) in [6.07, 6.45) is 6.13. The van der Waals surface area contributed by atoms with Crippen LogP contribution < -0.4 is 5.32 Å². The van der Waals surface area contributed by atoms with Crippen LogP contribution in [0.3, 0.4) is 0 Å². The van der Waals surface area contributed by atoms with Crippen LogP contribution in [0.15, 0.2) is 11.6 Å². The highest BCUT2D eigenvalue weighted by Gasteiger charge is 2.07. The summed E-state index contributed by atoms with van der Waals surface area (Å²) in [6.45, 7) is 9.72. The normalized spacial score (nSPS) is 14.7. The number of hydrogen-bond donors (Lipinski definition) is 1. The maximum atomic E-state index is 5.26. The standard InChI is InChI=1S/C13H27NO/c1-6-9-14-13(10-11(2)3)8-7-12(4)15-5/h10,12-14H,6-9H2,1-5H3. The first-order valence-corrected chi connectivity index (χ1v) is 6.01. The van der Waals surface area contributed by atoms with E-state index in [9.17, 15) is 0 Å². The van der Waals surface area contributed by atoms with Crippen LogP contribution >= 0.6 is 0 Å². The highest BCUT2D eigenvalue weighted by molar-refractivity contribution is 5.01. The third-order valence-electron chi connectivity index (χ3n) is 2.48. The highest BCUT2D eigenvalue weighted by atomic mass is 16.5. The summed E-state index contributed by atoms with van der Waals surface area (Å²) < 4.78 is 5.26. The van der Waals surface area contributed by atoms with E-state index < -0.39 is 0 Å². The number of rotatable bonds is 8. The number of hydrogen-bond acceptors (Lipinski definition) is 2. The van der Waals surface area contributed by atoms with Crippen molar-refractivity contribution in [3.05, 3.63) is 11.6 Å². The second-order valence-electron chi connectivity index (χ2n) is 4.43. The second-order valence-corrected chi connectivity index (χ2v) is 4.43. The van der Waals surface area contributed by atoms with Crippen molar-refractivity contribution in [2.45, 2.75) is 59.1 Å². The van der Waals surface area contributed by atoms with Gasteiger partial charge in [0, 0.05) is 13.2 Å². The molecule has 2 unspecified atom stereocenters. The summed E-state index contributed by atoms with van der Waals surface area (Å²) >= 11 is 0. The lowest BCUT2D eigenvalue weighted by Gasteiger charge is -2.17. The molecule has 0 aromatic heterocycles. The molecule has 0 amide bonds. The first kappa shape index (κ1) is 14.7. The summed E-state index contributed by atoms with van der Waals surface area (Å²) in [4.78, 5) is 0. The monoisotopic (exact) mass is 213 g/mol. The van der Waals surface area contributed by atoms with Crippen LogP contribution in [0.25, 0.3) is 0 Å². The van der Waals surface area contributed by atoms with Gasteiger partial charge >= 0.3 is 0 Å². The molecule has 0 aliphatic rings. The first-order chi connectivity index (χ1) is 7.10. The van der Waals surface area contributed by atoms with Crippen molar-refractivity contribution < 1.29 is 4.74 Å². The summed E-state index contributed by atoms with van der Waals surface area (Å²) in [5.41, 5.74) is 1.38. The molecule has 2 atom stereocenters. The molecule has 0 rings (SSSR count). The number of ether oxygens (including phenoxy) is 1. The van der Waals surface area contributed by atoms with E-state index in [4.69, 9.17) is 4.74 Å². The molecule has 2 heteroatoms. The van der Waals surface area contributed by atoms with Crippen molar-refractivity contribution in [2.75, 3.05) is 13.7 Å². The van der Waals surface area contributed by atoms with Gasteiger partial charge in [-0.1, -0.05) is 18.6 Å². The zero-order chi connectivity index (χ0) is 11.7. The fourth-order valence-corrected chi connectivity index (χ4v) is 1.51. The second kappa shape index (κ2) is 8.93. The van der Waals surface area contributed by atoms with Gasteiger partial charge in [-0.3, -0.25) is 0 Å². The molecule has 2 nitrogen and oxygen atoms in total. The van der Waals surface area contributed by atoms with Gasteiger partial charge in [0.05, 0.1) is 6.10 Å². The minimum atomic E-state index is 0.362. The smallest absolute Gasteiger partial charge is 0.0543 e. The molecule has 0 spiro atoms. The minimum Gasteiger partial charge on any atom is -0.382 e. The third kappa shape index (κ3) is 8.64. The molecule has 15 heavy (non-hydrogen) atoms. The van der Waals surface area contributed by atoms with Crippen molar-refractivity contribution in [1.82, 2.24) is 5.32 Å². The number of allylic oxidation sites excluding steroid dienone is 1. The molecule has 0 saturated carbocycles. The third-order valence-corrected chi connectivity index (χ3v) is 2.48. The van der Waals surface area contributed by atoms with E-state index in [0.29, 0.717) is 12.1 Å². The summed E-state index contributed by atoms with van der Waals surface area (Å²) in [7, 11) is 1.78. The van der Waals surface area contributed by atoms with Gasteiger partial charge in [0.1, 0.15) is 0 Å². The summed E-state index contributed by atoms with van der Waals surface area (Å²) in [5, 5.41) is 3.55. The van der Waals surface area contributed by atoms with Crippen LogP contribution in [0, 0.1) is 0 Å². The van der Waals surface area contributed by atoms with Crippen molar-refractivity contribution in [1.29, 1.82) is 0 Å². The minimum absolute atomic E-state index is 0.362. The zero-order valence-corrected chi connectivity index (χ0v) is 11.0. The lowest BCUT2D eigenvalue weighted by atomic mass is 10.1. The lowest BCUT2D eigenvalue weighted by molar-refractivity contribution is 0.107. The molecule has 0 aromatic rings. The predicted octanol–water partition coefficient (Wildman–Crippen LogP) is 3.14. The van der Waals surface area contributed by atoms with Crippen LogP contribution in [0.5, 0.6) is 0 Å². The quantitative estimate of drug-likeness (QED) is 0.625. The summed E-state index contributed by atoms with van der Waals surface area (Å²) in [5.74, 6) is 0. The Morgan fingerprint density at radius 2 is 2.00 bits per heavy atom. The number of nitrogens with one attached hydrogen (secondary N) is 1. The van der Waals surface area contributed by atoms with E-state index in [1.807, 2.05) is 0 Å². The highest BCUT2D eigenvalue weighted by Crippen LogP contribution is 2.07. The Kier molecular flexibility index (Phi) is 8.73. The van der Waals surface area contributed by atoms with Crippen LogP contribution in [-0.2, 0) is 4.74 Å². The molecular weight excluding hydrogens is 186 g/mol. The molecule has 0 aromatic carbocycles. The van der Waals surface area contributed by atoms with Gasteiger partial charge in [0.15, 0.2) is 0 Å². The van der Waals surface area contributed by atoms with Crippen molar-refractivity contribution in [2.24, 2.45) is 0 Å².